The summed E-state index contributed by atoms with van der Waals surface area (Å²) >= 11 is 7.72. The van der Waals surface area contributed by atoms with Gasteiger partial charge >= 0.3 is 0 Å². The van der Waals surface area contributed by atoms with Gasteiger partial charge in [-0.25, -0.2) is 9.97 Å². The van der Waals surface area contributed by atoms with Crippen LogP contribution in [0, 0.1) is 0 Å². The largest absolute Gasteiger partial charge is 0.367 e. The highest BCUT2D eigenvalue weighted by atomic mass is 35.5. The van der Waals surface area contributed by atoms with Gasteiger partial charge in [0.2, 0.25) is 5.28 Å². The van der Waals surface area contributed by atoms with Crippen LogP contribution in [-0.2, 0) is 0 Å². The van der Waals surface area contributed by atoms with Crippen LogP contribution in [0.5, 0.6) is 0 Å². The number of anilines is 1. The lowest BCUT2D eigenvalue weighted by atomic mass is 9.95. The van der Waals surface area contributed by atoms with E-state index in [0.717, 1.165) is 11.1 Å². The predicted molar refractivity (Wildman–Crippen MR) is 70.2 cm³/mol. The number of hydrogen-bond acceptors (Lipinski definition) is 4. The quantitative estimate of drug-likeness (QED) is 0.844. The fraction of sp³-hybridized carbons (Fsp3) is 0.636. The maximum absolute atomic E-state index is 5.74. The molecule has 3 nitrogen and oxygen atoms in total. The number of aromatic nitrogens is 2. The molecule has 0 saturated heterocycles. The summed E-state index contributed by atoms with van der Waals surface area (Å²) in [6.45, 7) is 0. The third kappa shape index (κ3) is 3.25. The molecule has 0 unspecified atom stereocenters. The zero-order chi connectivity index (χ0) is 11.4. The van der Waals surface area contributed by atoms with Crippen molar-refractivity contribution in [1.82, 2.24) is 9.97 Å². The summed E-state index contributed by atoms with van der Waals surface area (Å²) in [4.78, 5) is 8.01. The summed E-state index contributed by atoms with van der Waals surface area (Å²) in [5, 5.41) is 4.57. The van der Waals surface area contributed by atoms with Crippen LogP contribution in [0.2, 0.25) is 5.28 Å². The molecule has 1 N–H and O–H groups in total. The van der Waals surface area contributed by atoms with Gasteiger partial charge in [-0.2, -0.15) is 11.8 Å². The van der Waals surface area contributed by atoms with E-state index < -0.39 is 0 Å². The topological polar surface area (TPSA) is 37.8 Å². The van der Waals surface area contributed by atoms with Crippen molar-refractivity contribution in [3.05, 3.63) is 17.5 Å². The van der Waals surface area contributed by atoms with Crippen LogP contribution < -0.4 is 5.32 Å². The highest BCUT2D eigenvalue weighted by molar-refractivity contribution is 7.99. The first-order chi connectivity index (χ1) is 7.78. The van der Waals surface area contributed by atoms with Gasteiger partial charge in [0.15, 0.2) is 0 Å². The Morgan fingerprint density at radius 2 is 2.12 bits per heavy atom. The number of hydrogen-bond donors (Lipinski definition) is 1. The molecule has 16 heavy (non-hydrogen) atoms. The van der Waals surface area contributed by atoms with Crippen LogP contribution >= 0.6 is 23.4 Å². The summed E-state index contributed by atoms with van der Waals surface area (Å²) in [7, 11) is 0. The van der Waals surface area contributed by atoms with E-state index >= 15 is 0 Å². The predicted octanol–water partition coefficient (Wildman–Crippen LogP) is 3.22. The van der Waals surface area contributed by atoms with Crippen LogP contribution in [-0.4, -0.2) is 27.5 Å². The lowest BCUT2D eigenvalue weighted by Crippen LogP contribution is -2.27. The van der Waals surface area contributed by atoms with Crippen molar-refractivity contribution in [2.75, 3.05) is 11.6 Å². The Labute approximate surface area is 105 Å². The molecule has 5 heteroatoms. The molecule has 0 radical (unpaired) electrons. The summed E-state index contributed by atoms with van der Waals surface area (Å²) in [5.41, 5.74) is 0. The molecule has 0 spiro atoms. The molecule has 0 atom stereocenters. The van der Waals surface area contributed by atoms with Gasteiger partial charge < -0.3 is 5.32 Å². The number of nitrogens with zero attached hydrogens (tertiary/aromatic N) is 2. The second-order valence-electron chi connectivity index (χ2n) is 4.06. The Bertz CT molecular complexity index is 340. The number of halogens is 1. The molecule has 88 valence electrons. The Kier molecular flexibility index (Phi) is 4.29. The summed E-state index contributed by atoms with van der Waals surface area (Å²) in [5.74, 6) is 0.840. The third-order valence-electron chi connectivity index (χ3n) is 2.99. The lowest BCUT2D eigenvalue weighted by Gasteiger charge is -2.28. The van der Waals surface area contributed by atoms with E-state index in [1.54, 1.807) is 6.20 Å². The Morgan fingerprint density at radius 3 is 2.75 bits per heavy atom. The minimum Gasteiger partial charge on any atom is -0.367 e. The maximum atomic E-state index is 5.74. The zero-order valence-corrected chi connectivity index (χ0v) is 10.9. The monoisotopic (exact) mass is 257 g/mol. The molecule has 1 aromatic heterocycles. The molecule has 2 rings (SSSR count). The molecule has 0 aliphatic heterocycles. The number of nitrogens with one attached hydrogen (secondary N) is 1. The average molecular weight is 258 g/mol. The van der Waals surface area contributed by atoms with E-state index in [0.29, 0.717) is 11.3 Å². The van der Waals surface area contributed by atoms with Crippen LogP contribution in [0.1, 0.15) is 25.7 Å². The first-order valence-electron chi connectivity index (χ1n) is 5.56. The Balaban J connectivity index is 1.87. The van der Waals surface area contributed by atoms with E-state index in [2.05, 4.69) is 21.5 Å². The summed E-state index contributed by atoms with van der Waals surface area (Å²) in [6, 6.07) is 2.40. The molecule has 1 heterocycles. The second-order valence-corrected chi connectivity index (χ2v) is 5.54. The van der Waals surface area contributed by atoms with Crippen LogP contribution in [0.3, 0.4) is 0 Å². The van der Waals surface area contributed by atoms with Crippen molar-refractivity contribution in [3.8, 4) is 0 Å². The minimum absolute atomic E-state index is 0.308. The van der Waals surface area contributed by atoms with E-state index in [4.69, 9.17) is 11.6 Å². The van der Waals surface area contributed by atoms with Gasteiger partial charge in [0, 0.05) is 17.5 Å². The minimum atomic E-state index is 0.308. The highest BCUT2D eigenvalue weighted by Gasteiger charge is 2.20. The first kappa shape index (κ1) is 12.0. The average Bonchev–Trinajstić information content (AvgIpc) is 2.30. The standard InChI is InChI=1S/C11H16ClN3S/c1-16-9-4-2-8(3-5-9)14-10-6-7-13-11(12)15-10/h6-9H,2-5H2,1H3,(H,13,14,15). The van der Waals surface area contributed by atoms with Gasteiger partial charge in [-0.15, -0.1) is 0 Å². The number of thioether (sulfide) groups is 1. The maximum Gasteiger partial charge on any atom is 0.224 e. The first-order valence-corrected chi connectivity index (χ1v) is 7.22. The van der Waals surface area contributed by atoms with E-state index in [-0.39, 0.29) is 0 Å². The third-order valence-corrected chi connectivity index (χ3v) is 4.31. The molecule has 1 aliphatic carbocycles. The van der Waals surface area contributed by atoms with Crippen molar-refractivity contribution in [1.29, 1.82) is 0 Å². The zero-order valence-electron chi connectivity index (χ0n) is 9.32. The molecule has 0 aromatic carbocycles. The molecule has 1 aliphatic rings. The van der Waals surface area contributed by atoms with Crippen LogP contribution in [0.4, 0.5) is 5.82 Å². The van der Waals surface area contributed by atoms with Crippen molar-refractivity contribution in [3.63, 3.8) is 0 Å². The van der Waals surface area contributed by atoms with Gasteiger partial charge in [-0.05, 0) is 49.6 Å². The van der Waals surface area contributed by atoms with Gasteiger partial charge in [0.05, 0.1) is 0 Å². The molecular formula is C11H16ClN3S. The fourth-order valence-electron chi connectivity index (χ4n) is 2.07. The van der Waals surface area contributed by atoms with Crippen molar-refractivity contribution < 1.29 is 0 Å². The smallest absolute Gasteiger partial charge is 0.224 e. The molecule has 1 saturated carbocycles. The van der Waals surface area contributed by atoms with Crippen molar-refractivity contribution >= 4 is 29.2 Å². The van der Waals surface area contributed by atoms with Gasteiger partial charge in [-0.1, -0.05) is 0 Å². The van der Waals surface area contributed by atoms with Crippen LogP contribution in [0.15, 0.2) is 12.3 Å². The highest BCUT2D eigenvalue weighted by Crippen LogP contribution is 2.28. The number of rotatable bonds is 3. The molecule has 0 amide bonds. The van der Waals surface area contributed by atoms with Crippen molar-refractivity contribution in [2.45, 2.75) is 37.0 Å². The summed E-state index contributed by atoms with van der Waals surface area (Å²) in [6.07, 6.45) is 8.89. The molecular weight excluding hydrogens is 242 g/mol. The lowest BCUT2D eigenvalue weighted by molar-refractivity contribution is 0.472. The Morgan fingerprint density at radius 1 is 1.38 bits per heavy atom. The summed E-state index contributed by atoms with van der Waals surface area (Å²) < 4.78 is 0. The molecule has 0 bridgehead atoms. The van der Waals surface area contributed by atoms with Gasteiger partial charge in [0.25, 0.3) is 0 Å². The van der Waals surface area contributed by atoms with Gasteiger partial charge in [-0.3, -0.25) is 0 Å². The van der Waals surface area contributed by atoms with Crippen LogP contribution in [0.25, 0.3) is 0 Å². The second kappa shape index (κ2) is 5.73. The molecule has 1 fully saturated rings. The SMILES string of the molecule is CSC1CCC(Nc2ccnc(Cl)n2)CC1. The van der Waals surface area contributed by atoms with Gasteiger partial charge in [0.1, 0.15) is 5.82 Å². The fourth-order valence-corrected chi connectivity index (χ4v) is 2.96. The van der Waals surface area contributed by atoms with E-state index in [9.17, 15) is 0 Å². The Hall–Kier alpha value is -0.480. The van der Waals surface area contributed by atoms with E-state index in [1.807, 2.05) is 17.8 Å². The van der Waals surface area contributed by atoms with E-state index in [1.165, 1.54) is 25.7 Å². The molecule has 1 aromatic rings. The van der Waals surface area contributed by atoms with Crippen molar-refractivity contribution in [2.24, 2.45) is 0 Å². The normalized spacial score (nSPS) is 25.4.